The van der Waals surface area contributed by atoms with Crippen molar-refractivity contribution in [3.05, 3.63) is 71.8 Å². The fraction of sp³-hybridized carbons (Fsp3) is 0.167. The predicted molar refractivity (Wildman–Crippen MR) is 86.0 cm³/mol. The Labute approximate surface area is 130 Å². The standard InChI is InChI=1S/C18H19NO3/c1-2-21-17-11-8-15(9-12-17)10-13-18(20)19-22-14-16-6-4-3-5-7-16/h3-13H,2,14H2,1H3,(H,19,20). The van der Waals surface area contributed by atoms with Crippen molar-refractivity contribution in [3.63, 3.8) is 0 Å². The van der Waals surface area contributed by atoms with Crippen LogP contribution in [0.3, 0.4) is 0 Å². The van der Waals surface area contributed by atoms with Crippen molar-refractivity contribution in [2.45, 2.75) is 13.5 Å². The van der Waals surface area contributed by atoms with E-state index in [1.54, 1.807) is 6.08 Å². The molecule has 114 valence electrons. The van der Waals surface area contributed by atoms with Crippen LogP contribution in [0.15, 0.2) is 60.7 Å². The normalized spacial score (nSPS) is 10.6. The van der Waals surface area contributed by atoms with Crippen LogP contribution in [-0.2, 0) is 16.2 Å². The molecule has 0 atom stereocenters. The van der Waals surface area contributed by atoms with Gasteiger partial charge in [-0.05, 0) is 36.3 Å². The molecule has 22 heavy (non-hydrogen) atoms. The molecule has 2 aromatic rings. The number of hydrogen-bond acceptors (Lipinski definition) is 3. The summed E-state index contributed by atoms with van der Waals surface area (Å²) in [5.74, 6) is 0.514. The van der Waals surface area contributed by atoms with Crippen molar-refractivity contribution in [1.29, 1.82) is 0 Å². The van der Waals surface area contributed by atoms with E-state index in [4.69, 9.17) is 9.57 Å². The van der Waals surface area contributed by atoms with Gasteiger partial charge >= 0.3 is 0 Å². The summed E-state index contributed by atoms with van der Waals surface area (Å²) in [7, 11) is 0. The average Bonchev–Trinajstić information content (AvgIpc) is 2.55. The topological polar surface area (TPSA) is 47.6 Å². The maximum atomic E-state index is 11.6. The molecule has 2 rings (SSSR count). The zero-order valence-corrected chi connectivity index (χ0v) is 12.5. The Kier molecular flexibility index (Phi) is 6.20. The van der Waals surface area contributed by atoms with Gasteiger partial charge in [-0.2, -0.15) is 0 Å². The van der Waals surface area contributed by atoms with Crippen molar-refractivity contribution in [3.8, 4) is 5.75 Å². The number of hydrogen-bond donors (Lipinski definition) is 1. The first-order valence-corrected chi connectivity index (χ1v) is 7.14. The molecule has 0 aromatic heterocycles. The zero-order valence-electron chi connectivity index (χ0n) is 12.5. The van der Waals surface area contributed by atoms with Crippen molar-refractivity contribution >= 4 is 12.0 Å². The molecule has 1 amide bonds. The Morgan fingerprint density at radius 1 is 1.09 bits per heavy atom. The summed E-state index contributed by atoms with van der Waals surface area (Å²) >= 11 is 0. The van der Waals surface area contributed by atoms with E-state index < -0.39 is 0 Å². The van der Waals surface area contributed by atoms with Gasteiger partial charge in [0.2, 0.25) is 0 Å². The number of hydroxylamine groups is 1. The molecule has 0 heterocycles. The first kappa shape index (κ1) is 15.8. The van der Waals surface area contributed by atoms with Gasteiger partial charge in [0.05, 0.1) is 13.2 Å². The summed E-state index contributed by atoms with van der Waals surface area (Å²) in [5.41, 5.74) is 4.30. The Hall–Kier alpha value is -2.59. The maximum absolute atomic E-state index is 11.6. The molecule has 0 aliphatic rings. The highest BCUT2D eigenvalue weighted by atomic mass is 16.6. The second kappa shape index (κ2) is 8.64. The van der Waals surface area contributed by atoms with Crippen LogP contribution in [0.5, 0.6) is 5.75 Å². The van der Waals surface area contributed by atoms with Crippen LogP contribution in [0.4, 0.5) is 0 Å². The van der Waals surface area contributed by atoms with Crippen molar-refractivity contribution in [2.24, 2.45) is 0 Å². The van der Waals surface area contributed by atoms with Gasteiger partial charge in [0.25, 0.3) is 5.91 Å². The lowest BCUT2D eigenvalue weighted by molar-refractivity contribution is -0.129. The molecular formula is C18H19NO3. The Bertz CT molecular complexity index is 606. The molecule has 1 N–H and O–H groups in total. The van der Waals surface area contributed by atoms with Gasteiger partial charge in [-0.25, -0.2) is 5.48 Å². The monoisotopic (exact) mass is 297 g/mol. The van der Waals surface area contributed by atoms with Gasteiger partial charge in [0, 0.05) is 6.08 Å². The minimum Gasteiger partial charge on any atom is -0.494 e. The average molecular weight is 297 g/mol. The number of rotatable bonds is 7. The molecule has 4 nitrogen and oxygen atoms in total. The largest absolute Gasteiger partial charge is 0.494 e. The van der Waals surface area contributed by atoms with E-state index in [2.05, 4.69) is 5.48 Å². The lowest BCUT2D eigenvalue weighted by Gasteiger charge is -2.04. The van der Waals surface area contributed by atoms with E-state index in [1.165, 1.54) is 6.08 Å². The van der Waals surface area contributed by atoms with Gasteiger partial charge in [0.15, 0.2) is 0 Å². The number of ether oxygens (including phenoxy) is 1. The molecule has 0 saturated carbocycles. The summed E-state index contributed by atoms with van der Waals surface area (Å²) in [6.07, 6.45) is 3.15. The van der Waals surface area contributed by atoms with Crippen LogP contribution in [0.25, 0.3) is 6.08 Å². The summed E-state index contributed by atoms with van der Waals surface area (Å²) in [5, 5.41) is 0. The van der Waals surface area contributed by atoms with Gasteiger partial charge in [-0.1, -0.05) is 42.5 Å². The SMILES string of the molecule is CCOc1ccc(C=CC(=O)NOCc2ccccc2)cc1. The summed E-state index contributed by atoms with van der Waals surface area (Å²) in [4.78, 5) is 16.8. The molecule has 0 aliphatic carbocycles. The molecule has 4 heteroatoms. The van der Waals surface area contributed by atoms with Gasteiger partial charge < -0.3 is 4.74 Å². The molecule has 0 unspecified atom stereocenters. The first-order chi connectivity index (χ1) is 10.8. The summed E-state index contributed by atoms with van der Waals surface area (Å²) in [6.45, 7) is 2.91. The fourth-order valence-electron chi connectivity index (χ4n) is 1.81. The van der Waals surface area contributed by atoms with Crippen LogP contribution in [0.2, 0.25) is 0 Å². The van der Waals surface area contributed by atoms with Crippen molar-refractivity contribution < 1.29 is 14.4 Å². The van der Waals surface area contributed by atoms with E-state index in [0.717, 1.165) is 16.9 Å². The number of benzene rings is 2. The third-order valence-electron chi connectivity index (χ3n) is 2.87. The van der Waals surface area contributed by atoms with Crippen molar-refractivity contribution in [1.82, 2.24) is 5.48 Å². The molecular weight excluding hydrogens is 278 g/mol. The maximum Gasteiger partial charge on any atom is 0.267 e. The predicted octanol–water partition coefficient (Wildman–Crippen LogP) is 3.35. The van der Waals surface area contributed by atoms with Crippen LogP contribution in [-0.4, -0.2) is 12.5 Å². The Morgan fingerprint density at radius 2 is 1.82 bits per heavy atom. The molecule has 0 spiro atoms. The Morgan fingerprint density at radius 3 is 2.50 bits per heavy atom. The van der Waals surface area contributed by atoms with Crippen LogP contribution >= 0.6 is 0 Å². The molecule has 0 bridgehead atoms. The minimum atomic E-state index is -0.301. The minimum absolute atomic E-state index is 0.301. The Balaban J connectivity index is 1.76. The third kappa shape index (κ3) is 5.42. The second-order valence-electron chi connectivity index (χ2n) is 4.58. The highest BCUT2D eigenvalue weighted by Crippen LogP contribution is 2.12. The van der Waals surface area contributed by atoms with E-state index in [9.17, 15) is 4.79 Å². The van der Waals surface area contributed by atoms with E-state index in [0.29, 0.717) is 13.2 Å². The quantitative estimate of drug-likeness (QED) is 0.630. The van der Waals surface area contributed by atoms with E-state index in [-0.39, 0.29) is 5.91 Å². The highest BCUT2D eigenvalue weighted by molar-refractivity contribution is 5.90. The number of amides is 1. The lowest BCUT2D eigenvalue weighted by atomic mass is 10.2. The summed E-state index contributed by atoms with van der Waals surface area (Å²) < 4.78 is 5.36. The zero-order chi connectivity index (χ0) is 15.6. The van der Waals surface area contributed by atoms with Gasteiger partial charge in [0.1, 0.15) is 5.75 Å². The molecule has 0 fully saturated rings. The molecule has 2 aromatic carbocycles. The highest BCUT2D eigenvalue weighted by Gasteiger charge is 1.97. The van der Waals surface area contributed by atoms with E-state index in [1.807, 2.05) is 61.5 Å². The smallest absolute Gasteiger partial charge is 0.267 e. The van der Waals surface area contributed by atoms with Crippen LogP contribution in [0.1, 0.15) is 18.1 Å². The third-order valence-corrected chi connectivity index (χ3v) is 2.87. The van der Waals surface area contributed by atoms with Gasteiger partial charge in [-0.3, -0.25) is 9.63 Å². The molecule has 0 saturated heterocycles. The van der Waals surface area contributed by atoms with E-state index >= 15 is 0 Å². The fourth-order valence-corrected chi connectivity index (χ4v) is 1.81. The van der Waals surface area contributed by atoms with Gasteiger partial charge in [-0.15, -0.1) is 0 Å². The first-order valence-electron chi connectivity index (χ1n) is 7.14. The van der Waals surface area contributed by atoms with Crippen LogP contribution < -0.4 is 10.2 Å². The number of nitrogens with one attached hydrogen (secondary N) is 1. The second-order valence-corrected chi connectivity index (χ2v) is 4.58. The summed E-state index contributed by atoms with van der Waals surface area (Å²) in [6, 6.07) is 17.2. The number of carbonyl (C=O) groups excluding carboxylic acids is 1. The molecule has 0 radical (unpaired) electrons. The lowest BCUT2D eigenvalue weighted by Crippen LogP contribution is -2.21. The van der Waals surface area contributed by atoms with Crippen LogP contribution in [0, 0.1) is 0 Å². The van der Waals surface area contributed by atoms with Crippen molar-refractivity contribution in [2.75, 3.05) is 6.61 Å². The molecule has 0 aliphatic heterocycles. The number of carbonyl (C=O) groups is 1.